The van der Waals surface area contributed by atoms with Gasteiger partial charge in [-0.2, -0.15) is 13.2 Å². The third kappa shape index (κ3) is 3.73. The Hall–Kier alpha value is -1.99. The summed E-state index contributed by atoms with van der Waals surface area (Å²) < 4.78 is 47.1. The van der Waals surface area contributed by atoms with Crippen LogP contribution in [0.1, 0.15) is 12.0 Å². The number of nitrogens with zero attached hydrogens (tertiary/aromatic N) is 2. The number of hydrogen-bond acceptors (Lipinski definition) is 5. The zero-order valence-electron chi connectivity index (χ0n) is 9.85. The van der Waals surface area contributed by atoms with E-state index in [-0.39, 0.29) is 24.6 Å². The lowest BCUT2D eigenvalue weighted by Crippen LogP contribution is -2.12. The molecule has 0 saturated heterocycles. The number of hydrogen-bond donors (Lipinski definition) is 1. The van der Waals surface area contributed by atoms with Gasteiger partial charge in [0.05, 0.1) is 18.2 Å². The zero-order chi connectivity index (χ0) is 13.9. The predicted molar refractivity (Wildman–Crippen MR) is 60.7 cm³/mol. The van der Waals surface area contributed by atoms with Crippen molar-refractivity contribution in [3.63, 3.8) is 0 Å². The van der Waals surface area contributed by atoms with E-state index < -0.39 is 11.7 Å². The molecule has 1 aliphatic rings. The summed E-state index contributed by atoms with van der Waals surface area (Å²) in [6.07, 6.45) is -3.09. The number of halogens is 3. The Kier molecular flexibility index (Phi) is 3.77. The van der Waals surface area contributed by atoms with Crippen LogP contribution in [0.3, 0.4) is 0 Å². The summed E-state index contributed by atoms with van der Waals surface area (Å²) in [5, 5.41) is 0. The Bertz CT molecular complexity index is 459. The first-order valence-corrected chi connectivity index (χ1v) is 5.57. The molecule has 0 aromatic carbocycles. The van der Waals surface area contributed by atoms with Crippen LogP contribution < -0.4 is 10.5 Å². The quantitative estimate of drug-likeness (QED) is 0.905. The molecule has 0 amide bonds. The monoisotopic (exact) mass is 275 g/mol. The minimum absolute atomic E-state index is 0.0746. The van der Waals surface area contributed by atoms with Crippen LogP contribution in [0, 0.1) is 0 Å². The molecule has 19 heavy (non-hydrogen) atoms. The lowest BCUT2D eigenvalue weighted by molar-refractivity contribution is -0.137. The van der Waals surface area contributed by atoms with Crippen molar-refractivity contribution in [1.29, 1.82) is 0 Å². The van der Waals surface area contributed by atoms with Crippen molar-refractivity contribution in [1.82, 2.24) is 4.98 Å². The molecular weight excluding hydrogens is 263 g/mol. The van der Waals surface area contributed by atoms with E-state index in [9.17, 15) is 13.2 Å². The maximum Gasteiger partial charge on any atom is 0.417 e. The predicted octanol–water partition coefficient (Wildman–Crippen LogP) is 1.58. The van der Waals surface area contributed by atoms with Crippen LogP contribution in [0.2, 0.25) is 0 Å². The van der Waals surface area contributed by atoms with Gasteiger partial charge >= 0.3 is 6.18 Å². The molecule has 1 aromatic heterocycles. The van der Waals surface area contributed by atoms with E-state index in [2.05, 4.69) is 9.98 Å². The molecule has 0 aliphatic carbocycles. The summed E-state index contributed by atoms with van der Waals surface area (Å²) in [5.41, 5.74) is 4.53. The van der Waals surface area contributed by atoms with Crippen LogP contribution in [0.4, 0.5) is 13.2 Å². The van der Waals surface area contributed by atoms with Gasteiger partial charge in [0.15, 0.2) is 0 Å². The van der Waals surface area contributed by atoms with Gasteiger partial charge in [-0.15, -0.1) is 0 Å². The summed E-state index contributed by atoms with van der Waals surface area (Å²) in [7, 11) is 0. The zero-order valence-corrected chi connectivity index (χ0v) is 9.85. The van der Waals surface area contributed by atoms with Gasteiger partial charge in [-0.1, -0.05) is 0 Å². The molecule has 2 N–H and O–H groups in total. The van der Waals surface area contributed by atoms with Crippen LogP contribution >= 0.6 is 0 Å². The van der Waals surface area contributed by atoms with Crippen LogP contribution in [0.5, 0.6) is 5.88 Å². The maximum atomic E-state index is 12.3. The van der Waals surface area contributed by atoms with Gasteiger partial charge in [0.2, 0.25) is 5.88 Å². The first kappa shape index (κ1) is 13.4. The maximum absolute atomic E-state index is 12.3. The summed E-state index contributed by atoms with van der Waals surface area (Å²) in [4.78, 5) is 7.58. The Morgan fingerprint density at radius 1 is 1.42 bits per heavy atom. The van der Waals surface area contributed by atoms with Crippen LogP contribution in [0.15, 0.2) is 23.3 Å². The highest BCUT2D eigenvalue weighted by Crippen LogP contribution is 2.29. The molecule has 0 saturated carbocycles. The average Bonchev–Trinajstić information content (AvgIpc) is 2.75. The molecule has 1 atom stereocenters. The number of aliphatic imine (C=N–C) groups is 1. The molecule has 0 radical (unpaired) electrons. The lowest BCUT2D eigenvalue weighted by atomic mass is 10.2. The summed E-state index contributed by atoms with van der Waals surface area (Å²) in [6.45, 7) is 0.679. The van der Waals surface area contributed by atoms with Gasteiger partial charge in [0.1, 0.15) is 6.61 Å². The highest BCUT2D eigenvalue weighted by molar-refractivity contribution is 5.72. The number of aromatic nitrogens is 1. The third-order valence-corrected chi connectivity index (χ3v) is 2.50. The first-order chi connectivity index (χ1) is 8.95. The molecule has 8 heteroatoms. The highest BCUT2D eigenvalue weighted by atomic mass is 19.4. The number of rotatable bonds is 4. The minimum Gasteiger partial charge on any atom is -0.478 e. The molecule has 2 rings (SSSR count). The van der Waals surface area contributed by atoms with Crippen LogP contribution in [-0.2, 0) is 10.9 Å². The van der Waals surface area contributed by atoms with E-state index >= 15 is 0 Å². The number of pyridine rings is 1. The molecule has 5 nitrogen and oxygen atoms in total. The van der Waals surface area contributed by atoms with E-state index in [1.807, 2.05) is 0 Å². The van der Waals surface area contributed by atoms with Gasteiger partial charge in [0, 0.05) is 18.7 Å². The number of nitrogens with two attached hydrogens (primary N) is 1. The Balaban J connectivity index is 1.80. The average molecular weight is 275 g/mol. The molecule has 0 spiro atoms. The van der Waals surface area contributed by atoms with Crippen molar-refractivity contribution < 1.29 is 22.6 Å². The van der Waals surface area contributed by atoms with E-state index in [0.29, 0.717) is 13.0 Å². The lowest BCUT2D eigenvalue weighted by Gasteiger charge is -2.09. The van der Waals surface area contributed by atoms with E-state index in [1.54, 1.807) is 0 Å². The largest absolute Gasteiger partial charge is 0.478 e. The SMILES string of the molecule is NC1=NC(CCOc2ccc(C(F)(F)F)cn2)CO1. The van der Waals surface area contributed by atoms with Crippen LogP contribution in [-0.4, -0.2) is 30.3 Å². The van der Waals surface area contributed by atoms with Crippen molar-refractivity contribution in [2.45, 2.75) is 18.6 Å². The smallest absolute Gasteiger partial charge is 0.417 e. The highest BCUT2D eigenvalue weighted by Gasteiger charge is 2.30. The molecule has 0 bridgehead atoms. The van der Waals surface area contributed by atoms with E-state index in [1.165, 1.54) is 6.07 Å². The molecular formula is C11H12F3N3O2. The van der Waals surface area contributed by atoms with Crippen molar-refractivity contribution in [3.05, 3.63) is 23.9 Å². The summed E-state index contributed by atoms with van der Waals surface area (Å²) in [6, 6.07) is 2.19. The van der Waals surface area contributed by atoms with Gasteiger partial charge in [-0.25, -0.2) is 9.98 Å². The van der Waals surface area contributed by atoms with E-state index in [4.69, 9.17) is 15.2 Å². The molecule has 0 fully saturated rings. The summed E-state index contributed by atoms with van der Waals surface area (Å²) in [5.74, 6) is 0.142. The topological polar surface area (TPSA) is 69.7 Å². The number of ether oxygens (including phenoxy) is 2. The van der Waals surface area contributed by atoms with Gasteiger partial charge in [-0.3, -0.25) is 0 Å². The second kappa shape index (κ2) is 5.33. The fourth-order valence-corrected chi connectivity index (χ4v) is 1.52. The third-order valence-electron chi connectivity index (χ3n) is 2.50. The fraction of sp³-hybridized carbons (Fsp3) is 0.455. The van der Waals surface area contributed by atoms with Crippen molar-refractivity contribution in [2.75, 3.05) is 13.2 Å². The number of amidine groups is 1. The second-order valence-electron chi connectivity index (χ2n) is 3.95. The second-order valence-corrected chi connectivity index (χ2v) is 3.95. The number of alkyl halides is 3. The van der Waals surface area contributed by atoms with Gasteiger partial charge < -0.3 is 15.2 Å². The normalized spacial score (nSPS) is 18.9. The van der Waals surface area contributed by atoms with E-state index in [0.717, 1.165) is 12.3 Å². The van der Waals surface area contributed by atoms with Crippen molar-refractivity contribution in [2.24, 2.45) is 10.7 Å². The molecule has 1 unspecified atom stereocenters. The molecule has 2 heterocycles. The van der Waals surface area contributed by atoms with Gasteiger partial charge in [-0.05, 0) is 6.07 Å². The Morgan fingerprint density at radius 3 is 2.74 bits per heavy atom. The van der Waals surface area contributed by atoms with Gasteiger partial charge in [0.25, 0.3) is 6.02 Å². The molecule has 104 valence electrons. The Labute approximate surface area is 107 Å². The summed E-state index contributed by atoms with van der Waals surface area (Å²) >= 11 is 0. The standard InChI is InChI=1S/C11H12F3N3O2/c12-11(13,14)7-1-2-9(16-5-7)18-4-3-8-6-19-10(15)17-8/h1-2,5,8H,3-4,6H2,(H2,15,17). The Morgan fingerprint density at radius 2 is 2.21 bits per heavy atom. The molecule has 1 aliphatic heterocycles. The van der Waals surface area contributed by atoms with Crippen molar-refractivity contribution in [3.8, 4) is 5.88 Å². The van der Waals surface area contributed by atoms with Crippen LogP contribution in [0.25, 0.3) is 0 Å². The first-order valence-electron chi connectivity index (χ1n) is 5.57. The minimum atomic E-state index is -4.39. The fourth-order valence-electron chi connectivity index (χ4n) is 1.52. The molecule has 1 aromatic rings. The van der Waals surface area contributed by atoms with Crippen molar-refractivity contribution >= 4 is 6.02 Å².